The highest BCUT2D eigenvalue weighted by Crippen LogP contribution is 2.25. The van der Waals surface area contributed by atoms with Gasteiger partial charge in [0.25, 0.3) is 5.91 Å². The van der Waals surface area contributed by atoms with Crippen LogP contribution in [0.2, 0.25) is 0 Å². The number of methoxy groups -OCH3 is 1. The standard InChI is InChI=1S/C24H35N5O5S/c1-18-14-20(33-3)15-19(2)23(18)35(31,32)25-16-22-26-21(17-34-22)24(30)29-12-10-28(11-13-29)9-8-27-6-4-5-7-27/h14-15,17,25H,4-13,16H2,1-3H3. The van der Waals surface area contributed by atoms with Crippen molar-refractivity contribution >= 4 is 15.9 Å². The molecule has 4 rings (SSSR count). The summed E-state index contributed by atoms with van der Waals surface area (Å²) in [5, 5.41) is 0. The molecular weight excluding hydrogens is 470 g/mol. The third-order valence-electron chi connectivity index (χ3n) is 6.71. The summed E-state index contributed by atoms with van der Waals surface area (Å²) in [5.41, 5.74) is 1.36. The van der Waals surface area contributed by atoms with Crippen LogP contribution >= 0.6 is 0 Å². The molecule has 2 aromatic rings. The van der Waals surface area contributed by atoms with Crippen molar-refractivity contribution in [1.82, 2.24) is 24.4 Å². The van der Waals surface area contributed by atoms with Crippen LogP contribution in [0.3, 0.4) is 0 Å². The molecule has 1 aromatic heterocycles. The van der Waals surface area contributed by atoms with Crippen LogP contribution < -0.4 is 9.46 Å². The zero-order valence-electron chi connectivity index (χ0n) is 20.7. The van der Waals surface area contributed by atoms with Crippen molar-refractivity contribution in [3.8, 4) is 5.75 Å². The van der Waals surface area contributed by atoms with Crippen LogP contribution in [0.15, 0.2) is 27.7 Å². The molecule has 2 fully saturated rings. The number of aryl methyl sites for hydroxylation is 2. The Morgan fingerprint density at radius 1 is 1.03 bits per heavy atom. The maximum Gasteiger partial charge on any atom is 0.275 e. The van der Waals surface area contributed by atoms with Gasteiger partial charge in [-0.05, 0) is 63.0 Å². The predicted octanol–water partition coefficient (Wildman–Crippen LogP) is 1.63. The molecule has 0 atom stereocenters. The first-order valence-electron chi connectivity index (χ1n) is 12.1. The van der Waals surface area contributed by atoms with Crippen molar-refractivity contribution in [3.63, 3.8) is 0 Å². The number of carbonyl (C=O) groups excluding carboxylic acids is 1. The quantitative estimate of drug-likeness (QED) is 0.548. The third-order valence-corrected chi connectivity index (χ3v) is 8.42. The summed E-state index contributed by atoms with van der Waals surface area (Å²) >= 11 is 0. The van der Waals surface area contributed by atoms with Crippen LogP contribution in [-0.4, -0.2) is 93.5 Å². The summed E-state index contributed by atoms with van der Waals surface area (Å²) in [6.07, 6.45) is 3.89. The Bertz CT molecular complexity index is 1110. The highest BCUT2D eigenvalue weighted by atomic mass is 32.2. The van der Waals surface area contributed by atoms with Crippen molar-refractivity contribution in [2.75, 3.05) is 59.5 Å². The zero-order chi connectivity index (χ0) is 25.0. The summed E-state index contributed by atoms with van der Waals surface area (Å²) in [4.78, 5) is 24.0. The van der Waals surface area contributed by atoms with Gasteiger partial charge in [-0.2, -0.15) is 0 Å². The molecule has 0 radical (unpaired) electrons. The third kappa shape index (κ3) is 6.21. The van der Waals surface area contributed by atoms with E-state index in [0.717, 1.165) is 26.2 Å². The first kappa shape index (κ1) is 25.6. The lowest BCUT2D eigenvalue weighted by Crippen LogP contribution is -2.50. The van der Waals surface area contributed by atoms with Crippen molar-refractivity contribution in [1.29, 1.82) is 0 Å². The van der Waals surface area contributed by atoms with Crippen LogP contribution in [0.4, 0.5) is 0 Å². The molecule has 0 aliphatic carbocycles. The molecule has 0 unspecified atom stereocenters. The van der Waals surface area contributed by atoms with E-state index in [1.165, 1.54) is 39.3 Å². The normalized spacial score (nSPS) is 17.7. The number of sulfonamides is 1. The average molecular weight is 506 g/mol. The van der Waals surface area contributed by atoms with Gasteiger partial charge in [0.15, 0.2) is 5.69 Å². The van der Waals surface area contributed by atoms with E-state index in [1.807, 2.05) is 0 Å². The molecule has 2 aliphatic rings. The molecule has 0 bridgehead atoms. The Morgan fingerprint density at radius 2 is 1.63 bits per heavy atom. The van der Waals surface area contributed by atoms with Crippen LogP contribution in [0.1, 0.15) is 40.3 Å². The second kappa shape index (κ2) is 11.1. The van der Waals surface area contributed by atoms with E-state index < -0.39 is 10.0 Å². The van der Waals surface area contributed by atoms with Crippen LogP contribution in [-0.2, 0) is 16.6 Å². The van der Waals surface area contributed by atoms with Gasteiger partial charge in [0.05, 0.1) is 18.6 Å². The van der Waals surface area contributed by atoms with E-state index in [-0.39, 0.29) is 28.9 Å². The number of benzene rings is 1. The molecule has 1 N–H and O–H groups in total. The van der Waals surface area contributed by atoms with Gasteiger partial charge in [0, 0.05) is 39.3 Å². The first-order chi connectivity index (χ1) is 16.8. The number of likely N-dealkylation sites (tertiary alicyclic amines) is 1. The Kier molecular flexibility index (Phi) is 8.10. The maximum absolute atomic E-state index is 12.9. The topological polar surface area (TPSA) is 108 Å². The van der Waals surface area contributed by atoms with E-state index in [0.29, 0.717) is 30.0 Å². The fourth-order valence-electron chi connectivity index (χ4n) is 4.80. The van der Waals surface area contributed by atoms with Gasteiger partial charge in [-0.15, -0.1) is 0 Å². The van der Waals surface area contributed by atoms with Crippen molar-refractivity contribution in [3.05, 3.63) is 41.1 Å². The number of nitrogens with zero attached hydrogens (tertiary/aromatic N) is 4. The van der Waals surface area contributed by atoms with Crippen molar-refractivity contribution in [2.45, 2.75) is 38.1 Å². The van der Waals surface area contributed by atoms with Crippen LogP contribution in [0.25, 0.3) is 0 Å². The Morgan fingerprint density at radius 3 is 2.23 bits per heavy atom. The maximum atomic E-state index is 12.9. The summed E-state index contributed by atoms with van der Waals surface area (Å²) in [6, 6.07) is 3.35. The number of aromatic nitrogens is 1. The summed E-state index contributed by atoms with van der Waals surface area (Å²) in [7, 11) is -2.26. The van der Waals surface area contributed by atoms with E-state index in [1.54, 1.807) is 30.9 Å². The predicted molar refractivity (Wildman–Crippen MR) is 131 cm³/mol. The number of oxazole rings is 1. The van der Waals surface area contributed by atoms with Gasteiger partial charge in [0.2, 0.25) is 15.9 Å². The molecule has 10 nitrogen and oxygen atoms in total. The number of nitrogens with one attached hydrogen (secondary N) is 1. The second-order valence-electron chi connectivity index (χ2n) is 9.22. The summed E-state index contributed by atoms with van der Waals surface area (Å²) in [6.45, 7) is 10.8. The Labute approximate surface area is 207 Å². The van der Waals surface area contributed by atoms with Crippen molar-refractivity contribution < 1.29 is 22.4 Å². The smallest absolute Gasteiger partial charge is 0.275 e. The van der Waals surface area contributed by atoms with E-state index in [9.17, 15) is 13.2 Å². The van der Waals surface area contributed by atoms with Gasteiger partial charge in [-0.25, -0.2) is 18.1 Å². The lowest BCUT2D eigenvalue weighted by Gasteiger charge is -2.35. The van der Waals surface area contributed by atoms with Crippen LogP contribution in [0.5, 0.6) is 5.75 Å². The van der Waals surface area contributed by atoms with Gasteiger partial charge in [-0.3, -0.25) is 9.69 Å². The van der Waals surface area contributed by atoms with E-state index in [2.05, 4.69) is 19.5 Å². The molecule has 11 heteroatoms. The molecule has 0 saturated carbocycles. The molecular formula is C24H35N5O5S. The highest BCUT2D eigenvalue weighted by molar-refractivity contribution is 7.89. The molecule has 192 valence electrons. The van der Waals surface area contributed by atoms with Gasteiger partial charge in [0.1, 0.15) is 12.0 Å². The molecule has 0 spiro atoms. The van der Waals surface area contributed by atoms with Crippen molar-refractivity contribution in [2.24, 2.45) is 0 Å². The molecule has 35 heavy (non-hydrogen) atoms. The number of hydrogen-bond donors (Lipinski definition) is 1. The Balaban J connectivity index is 1.29. The lowest BCUT2D eigenvalue weighted by atomic mass is 10.1. The highest BCUT2D eigenvalue weighted by Gasteiger charge is 2.26. The minimum atomic E-state index is -3.80. The fourth-order valence-corrected chi connectivity index (χ4v) is 6.22. The first-order valence-corrected chi connectivity index (χ1v) is 13.6. The Hall–Kier alpha value is -2.47. The summed E-state index contributed by atoms with van der Waals surface area (Å²) < 4.78 is 38.9. The lowest BCUT2D eigenvalue weighted by molar-refractivity contribution is 0.0621. The number of piperazine rings is 1. The number of ether oxygens (including phenoxy) is 1. The molecule has 2 saturated heterocycles. The SMILES string of the molecule is COc1cc(C)c(S(=O)(=O)NCc2nc(C(=O)N3CCN(CCN4CCCC4)CC3)co2)c(C)c1. The summed E-state index contributed by atoms with van der Waals surface area (Å²) in [5.74, 6) is 0.552. The van der Waals surface area contributed by atoms with E-state index >= 15 is 0 Å². The average Bonchev–Trinajstić information content (AvgIpc) is 3.53. The zero-order valence-corrected chi connectivity index (χ0v) is 21.6. The second-order valence-corrected chi connectivity index (χ2v) is 10.9. The largest absolute Gasteiger partial charge is 0.497 e. The van der Waals surface area contributed by atoms with E-state index in [4.69, 9.17) is 9.15 Å². The number of carbonyl (C=O) groups is 1. The number of rotatable bonds is 9. The molecule has 1 aromatic carbocycles. The van der Waals surface area contributed by atoms with Gasteiger partial charge in [-0.1, -0.05) is 0 Å². The van der Waals surface area contributed by atoms with Gasteiger partial charge < -0.3 is 19.0 Å². The number of amides is 1. The molecule has 3 heterocycles. The van der Waals surface area contributed by atoms with Crippen LogP contribution in [0, 0.1) is 13.8 Å². The number of hydrogen-bond acceptors (Lipinski definition) is 8. The minimum absolute atomic E-state index is 0.144. The monoisotopic (exact) mass is 505 g/mol. The molecule has 1 amide bonds. The van der Waals surface area contributed by atoms with Gasteiger partial charge >= 0.3 is 0 Å². The minimum Gasteiger partial charge on any atom is -0.497 e. The fraction of sp³-hybridized carbons (Fsp3) is 0.583. The molecule has 2 aliphatic heterocycles.